The largest absolute Gasteiger partial charge is 0.480 e. The van der Waals surface area contributed by atoms with Crippen molar-refractivity contribution in [1.82, 2.24) is 10.5 Å². The molecule has 3 heterocycles. The zero-order chi connectivity index (χ0) is 20.2. The number of nitrogens with zero attached hydrogens (tertiary/aromatic N) is 2. The number of hydrogen-bond acceptors (Lipinski definition) is 6. The van der Waals surface area contributed by atoms with Gasteiger partial charge < -0.3 is 9.63 Å². The van der Waals surface area contributed by atoms with Crippen LogP contribution in [-0.2, 0) is 31.0 Å². The van der Waals surface area contributed by atoms with Crippen LogP contribution in [0.1, 0.15) is 29.0 Å². The fourth-order valence-electron chi connectivity index (χ4n) is 3.88. The Morgan fingerprint density at radius 3 is 2.71 bits per heavy atom. The molecule has 1 spiro atoms. The number of carboxylic acid groups (broad SMARTS) is 1. The molecule has 1 fully saturated rings. The SMILES string of the molecule is Cc1cc(Cc2c(Cl)ccc3c2C2(CC(=O)NC2=O)C(=O)N3CC(=O)O)no1. The number of imide groups is 1. The first-order valence-corrected chi connectivity index (χ1v) is 8.74. The van der Waals surface area contributed by atoms with Gasteiger partial charge in [-0.25, -0.2) is 0 Å². The van der Waals surface area contributed by atoms with E-state index in [-0.39, 0.29) is 22.7 Å². The number of rotatable bonds is 4. The van der Waals surface area contributed by atoms with E-state index < -0.39 is 42.1 Å². The summed E-state index contributed by atoms with van der Waals surface area (Å²) in [7, 11) is 0. The fraction of sp³-hybridized carbons (Fsp3) is 0.278. The Morgan fingerprint density at radius 2 is 2.14 bits per heavy atom. The molecule has 1 aromatic carbocycles. The number of aliphatic carboxylic acids is 1. The summed E-state index contributed by atoms with van der Waals surface area (Å²) < 4.78 is 5.06. The topological polar surface area (TPSA) is 130 Å². The summed E-state index contributed by atoms with van der Waals surface area (Å²) in [5.74, 6) is -2.82. The van der Waals surface area contributed by atoms with E-state index in [1.807, 2.05) is 0 Å². The molecule has 2 aromatic rings. The van der Waals surface area contributed by atoms with Crippen LogP contribution in [-0.4, -0.2) is 40.5 Å². The number of fused-ring (bicyclic) bond motifs is 2. The lowest BCUT2D eigenvalue weighted by Crippen LogP contribution is -2.47. The predicted molar refractivity (Wildman–Crippen MR) is 94.9 cm³/mol. The Hall–Kier alpha value is -3.20. The van der Waals surface area contributed by atoms with E-state index >= 15 is 0 Å². The van der Waals surface area contributed by atoms with E-state index in [0.29, 0.717) is 17.0 Å². The van der Waals surface area contributed by atoms with Crippen molar-refractivity contribution in [2.45, 2.75) is 25.2 Å². The number of aryl methyl sites for hydroxylation is 1. The number of hydrogen-bond donors (Lipinski definition) is 2. The molecule has 3 amide bonds. The molecule has 144 valence electrons. The summed E-state index contributed by atoms with van der Waals surface area (Å²) >= 11 is 6.39. The van der Waals surface area contributed by atoms with Crippen LogP contribution in [0.15, 0.2) is 22.7 Å². The van der Waals surface area contributed by atoms with Crippen molar-refractivity contribution in [2.24, 2.45) is 0 Å². The molecule has 10 heteroatoms. The highest BCUT2D eigenvalue weighted by Crippen LogP contribution is 2.50. The number of nitrogens with one attached hydrogen (secondary N) is 1. The third-order valence-corrected chi connectivity index (χ3v) is 5.31. The Balaban J connectivity index is 1.95. The molecule has 1 unspecified atom stereocenters. The van der Waals surface area contributed by atoms with Crippen LogP contribution in [0.2, 0.25) is 5.02 Å². The first-order valence-electron chi connectivity index (χ1n) is 8.36. The van der Waals surface area contributed by atoms with Gasteiger partial charge in [-0.15, -0.1) is 0 Å². The van der Waals surface area contributed by atoms with Gasteiger partial charge in [0.2, 0.25) is 17.7 Å². The molecule has 2 N–H and O–H groups in total. The van der Waals surface area contributed by atoms with Crippen molar-refractivity contribution in [3.05, 3.63) is 45.8 Å². The van der Waals surface area contributed by atoms with Gasteiger partial charge in [-0.05, 0) is 24.6 Å². The lowest BCUT2D eigenvalue weighted by atomic mass is 9.77. The van der Waals surface area contributed by atoms with Gasteiger partial charge in [0.15, 0.2) is 5.41 Å². The van der Waals surface area contributed by atoms with Crippen molar-refractivity contribution in [1.29, 1.82) is 0 Å². The lowest BCUT2D eigenvalue weighted by Gasteiger charge is -2.21. The minimum Gasteiger partial charge on any atom is -0.480 e. The number of anilines is 1. The molecule has 2 aliphatic rings. The minimum atomic E-state index is -1.83. The second-order valence-corrected chi connectivity index (χ2v) is 7.18. The normalized spacial score (nSPS) is 20.8. The fourth-order valence-corrected chi connectivity index (χ4v) is 4.10. The maximum atomic E-state index is 13.2. The summed E-state index contributed by atoms with van der Waals surface area (Å²) in [5, 5.41) is 15.6. The molecular weight excluding hydrogens is 390 g/mol. The quantitative estimate of drug-likeness (QED) is 0.574. The van der Waals surface area contributed by atoms with Crippen LogP contribution in [0.5, 0.6) is 0 Å². The monoisotopic (exact) mass is 403 g/mol. The Bertz CT molecular complexity index is 1060. The molecule has 9 nitrogen and oxygen atoms in total. The van der Waals surface area contributed by atoms with Gasteiger partial charge in [-0.2, -0.15) is 0 Å². The van der Waals surface area contributed by atoms with Gasteiger partial charge in [0.05, 0.1) is 12.1 Å². The summed E-state index contributed by atoms with van der Waals surface area (Å²) in [4.78, 5) is 50.2. The highest BCUT2D eigenvalue weighted by molar-refractivity contribution is 6.34. The molecule has 0 radical (unpaired) electrons. The van der Waals surface area contributed by atoms with Crippen LogP contribution in [0.25, 0.3) is 0 Å². The smallest absolute Gasteiger partial charge is 0.323 e. The first-order chi connectivity index (χ1) is 13.2. The number of carbonyl (C=O) groups is 4. The van der Waals surface area contributed by atoms with Crippen LogP contribution in [0.3, 0.4) is 0 Å². The maximum Gasteiger partial charge on any atom is 0.323 e. The van der Waals surface area contributed by atoms with E-state index in [9.17, 15) is 24.3 Å². The molecule has 0 bridgehead atoms. The lowest BCUT2D eigenvalue weighted by molar-refractivity contribution is -0.138. The maximum absolute atomic E-state index is 13.2. The average Bonchev–Trinajstić information content (AvgIpc) is 3.22. The molecule has 1 aromatic heterocycles. The van der Waals surface area contributed by atoms with Gasteiger partial charge in [-0.1, -0.05) is 16.8 Å². The molecular formula is C18H14ClN3O6. The van der Waals surface area contributed by atoms with Gasteiger partial charge in [0, 0.05) is 28.8 Å². The third kappa shape index (κ3) is 2.50. The highest BCUT2D eigenvalue weighted by atomic mass is 35.5. The van der Waals surface area contributed by atoms with Crippen molar-refractivity contribution in [3.8, 4) is 0 Å². The average molecular weight is 404 g/mol. The minimum absolute atomic E-state index is 0.150. The highest BCUT2D eigenvalue weighted by Gasteiger charge is 2.62. The number of benzene rings is 1. The molecule has 1 saturated heterocycles. The van der Waals surface area contributed by atoms with Crippen LogP contribution in [0.4, 0.5) is 5.69 Å². The van der Waals surface area contributed by atoms with E-state index in [0.717, 1.165) is 4.90 Å². The van der Waals surface area contributed by atoms with Crippen LogP contribution in [0, 0.1) is 6.92 Å². The van der Waals surface area contributed by atoms with E-state index in [1.54, 1.807) is 13.0 Å². The number of amides is 3. The van der Waals surface area contributed by atoms with Gasteiger partial charge in [-0.3, -0.25) is 29.4 Å². The summed E-state index contributed by atoms with van der Waals surface area (Å²) in [6, 6.07) is 4.70. The standard InChI is InChI=1S/C18H14ClN3O6/c1-8-4-9(21-28-8)5-10-11(19)2-3-12-15(10)18(6-13(23)20-16(18)26)17(27)22(12)7-14(24)25/h2-4H,5-7H2,1H3,(H,24,25)(H,20,23,26). The zero-order valence-electron chi connectivity index (χ0n) is 14.6. The molecule has 0 saturated carbocycles. The van der Waals surface area contributed by atoms with E-state index in [1.165, 1.54) is 12.1 Å². The van der Waals surface area contributed by atoms with Crippen molar-refractivity contribution < 1.29 is 28.8 Å². The van der Waals surface area contributed by atoms with Gasteiger partial charge in [0.1, 0.15) is 12.3 Å². The number of carbonyl (C=O) groups excluding carboxylic acids is 3. The second kappa shape index (κ2) is 6.16. The Kier molecular flexibility index (Phi) is 4.00. The first kappa shape index (κ1) is 18.2. The second-order valence-electron chi connectivity index (χ2n) is 6.77. The molecule has 0 aliphatic carbocycles. The Labute approximate surface area is 163 Å². The summed E-state index contributed by atoms with van der Waals surface area (Å²) in [5.41, 5.74) is -0.386. The third-order valence-electron chi connectivity index (χ3n) is 4.96. The number of carboxylic acids is 1. The van der Waals surface area contributed by atoms with E-state index in [2.05, 4.69) is 10.5 Å². The molecule has 1 atom stereocenters. The zero-order valence-corrected chi connectivity index (χ0v) is 15.4. The Morgan fingerprint density at radius 1 is 1.39 bits per heavy atom. The number of halogens is 1. The van der Waals surface area contributed by atoms with E-state index in [4.69, 9.17) is 16.1 Å². The van der Waals surface area contributed by atoms with Crippen molar-refractivity contribution >= 4 is 41.0 Å². The van der Waals surface area contributed by atoms with Gasteiger partial charge >= 0.3 is 5.97 Å². The summed E-state index contributed by atoms with van der Waals surface area (Å²) in [6.45, 7) is 1.08. The molecule has 4 rings (SSSR count). The van der Waals surface area contributed by atoms with Crippen molar-refractivity contribution in [3.63, 3.8) is 0 Å². The molecule has 2 aliphatic heterocycles. The van der Waals surface area contributed by atoms with Gasteiger partial charge in [0.25, 0.3) is 0 Å². The van der Waals surface area contributed by atoms with Crippen molar-refractivity contribution in [2.75, 3.05) is 11.4 Å². The summed E-state index contributed by atoms with van der Waals surface area (Å²) in [6.07, 6.45) is -0.254. The number of aromatic nitrogens is 1. The predicted octanol–water partition coefficient (Wildman–Crippen LogP) is 0.943. The molecule has 28 heavy (non-hydrogen) atoms. The van der Waals surface area contributed by atoms with Crippen LogP contribution < -0.4 is 10.2 Å². The van der Waals surface area contributed by atoms with Crippen LogP contribution >= 0.6 is 11.6 Å².